The summed E-state index contributed by atoms with van der Waals surface area (Å²) in [5.74, 6) is 0.923. The minimum absolute atomic E-state index is 0.251. The molecule has 2 fully saturated rings. The Morgan fingerprint density at radius 1 is 1.29 bits per heavy atom. The van der Waals surface area contributed by atoms with Crippen LogP contribution in [0.2, 0.25) is 5.02 Å². The molecule has 1 saturated heterocycles. The molecule has 1 aromatic carbocycles. The predicted molar refractivity (Wildman–Crippen MR) is 98.7 cm³/mol. The summed E-state index contributed by atoms with van der Waals surface area (Å²) in [4.78, 5) is 7.30. The van der Waals surface area contributed by atoms with E-state index >= 15 is 0 Å². The summed E-state index contributed by atoms with van der Waals surface area (Å²) in [5.41, 5.74) is 1.26. The second-order valence-electron chi connectivity index (χ2n) is 6.35. The first-order chi connectivity index (χ1) is 11.8. The van der Waals surface area contributed by atoms with E-state index < -0.39 is 0 Å². The largest absolute Gasteiger partial charge is 0.379 e. The van der Waals surface area contributed by atoms with Crippen LogP contribution in [0.25, 0.3) is 0 Å². The topological polar surface area (TPSA) is 48.9 Å². The number of ether oxygens (including phenoxy) is 1. The second-order valence-corrected chi connectivity index (χ2v) is 6.79. The molecule has 0 spiro atoms. The minimum Gasteiger partial charge on any atom is -0.379 e. The third kappa shape index (κ3) is 5.10. The molecule has 1 heterocycles. The Kier molecular flexibility index (Phi) is 6.35. The maximum atomic E-state index is 6.05. The van der Waals surface area contributed by atoms with Gasteiger partial charge in [-0.2, -0.15) is 0 Å². The van der Waals surface area contributed by atoms with Crippen LogP contribution in [-0.4, -0.2) is 56.3 Å². The van der Waals surface area contributed by atoms with Crippen molar-refractivity contribution in [3.63, 3.8) is 0 Å². The number of hydrogen-bond acceptors (Lipinski definition) is 3. The zero-order valence-corrected chi connectivity index (χ0v) is 15.1. The molecule has 0 aromatic heterocycles. The van der Waals surface area contributed by atoms with Crippen molar-refractivity contribution in [2.45, 2.75) is 31.8 Å². The van der Waals surface area contributed by atoms with E-state index in [1.54, 1.807) is 0 Å². The van der Waals surface area contributed by atoms with Crippen LogP contribution in [-0.2, 0) is 4.74 Å². The van der Waals surface area contributed by atoms with Gasteiger partial charge in [0.15, 0.2) is 5.96 Å². The highest BCUT2D eigenvalue weighted by Gasteiger charge is 2.24. The monoisotopic (exact) mass is 350 g/mol. The van der Waals surface area contributed by atoms with E-state index in [2.05, 4.69) is 34.6 Å². The summed E-state index contributed by atoms with van der Waals surface area (Å²) in [6.45, 7) is 7.15. The van der Waals surface area contributed by atoms with Crippen molar-refractivity contribution in [2.75, 3.05) is 39.4 Å². The van der Waals surface area contributed by atoms with Gasteiger partial charge in [-0.15, -0.1) is 0 Å². The number of aliphatic imine (C=N–C) groups is 1. The standard InChI is InChI=1S/C18H27ClN4O/c1-2-20-18(22-16-7-8-16)21-13-17(23-9-11-24-12-10-23)14-3-5-15(19)6-4-14/h3-6,16-17H,2,7-13H2,1H3,(H2,20,21,22). The average molecular weight is 351 g/mol. The van der Waals surface area contributed by atoms with E-state index in [-0.39, 0.29) is 6.04 Å². The number of morpholine rings is 1. The Balaban J connectivity index is 1.73. The minimum atomic E-state index is 0.251. The fraction of sp³-hybridized carbons (Fsp3) is 0.611. The van der Waals surface area contributed by atoms with Gasteiger partial charge in [0.1, 0.15) is 0 Å². The molecular weight excluding hydrogens is 324 g/mol. The molecule has 2 aliphatic rings. The Labute approximate surface area is 149 Å². The van der Waals surface area contributed by atoms with Crippen LogP contribution in [0.15, 0.2) is 29.3 Å². The van der Waals surface area contributed by atoms with Gasteiger partial charge in [0.2, 0.25) is 0 Å². The Hall–Kier alpha value is -1.30. The van der Waals surface area contributed by atoms with Gasteiger partial charge in [-0.05, 0) is 37.5 Å². The molecule has 0 amide bonds. The van der Waals surface area contributed by atoms with Gasteiger partial charge in [0, 0.05) is 30.7 Å². The molecule has 6 heteroatoms. The van der Waals surface area contributed by atoms with E-state index in [1.165, 1.54) is 18.4 Å². The summed E-state index contributed by atoms with van der Waals surface area (Å²) < 4.78 is 5.51. The number of guanidine groups is 1. The van der Waals surface area contributed by atoms with E-state index in [1.807, 2.05) is 12.1 Å². The van der Waals surface area contributed by atoms with Gasteiger partial charge < -0.3 is 15.4 Å². The van der Waals surface area contributed by atoms with Crippen LogP contribution in [0.4, 0.5) is 0 Å². The van der Waals surface area contributed by atoms with Crippen molar-refractivity contribution < 1.29 is 4.74 Å². The molecule has 1 aromatic rings. The van der Waals surface area contributed by atoms with Gasteiger partial charge in [-0.25, -0.2) is 0 Å². The molecule has 2 N–H and O–H groups in total. The second kappa shape index (κ2) is 8.70. The lowest BCUT2D eigenvalue weighted by Crippen LogP contribution is -2.42. The van der Waals surface area contributed by atoms with Gasteiger partial charge >= 0.3 is 0 Å². The van der Waals surface area contributed by atoms with Crippen LogP contribution in [0.1, 0.15) is 31.4 Å². The number of hydrogen-bond donors (Lipinski definition) is 2. The first-order valence-corrected chi connectivity index (χ1v) is 9.26. The molecule has 1 aliphatic carbocycles. The zero-order valence-electron chi connectivity index (χ0n) is 14.3. The average Bonchev–Trinajstić information content (AvgIpc) is 3.42. The SMILES string of the molecule is CCNC(=NCC(c1ccc(Cl)cc1)N1CCOCC1)NC1CC1. The Bertz CT molecular complexity index is 538. The molecule has 0 radical (unpaired) electrons. The van der Waals surface area contributed by atoms with Crippen molar-refractivity contribution in [3.8, 4) is 0 Å². The summed E-state index contributed by atoms with van der Waals surface area (Å²) in [6, 6.07) is 8.99. The molecule has 132 valence electrons. The Morgan fingerprint density at radius 2 is 2.00 bits per heavy atom. The molecular formula is C18H27ClN4O. The molecule has 24 heavy (non-hydrogen) atoms. The maximum absolute atomic E-state index is 6.05. The quantitative estimate of drug-likeness (QED) is 0.611. The highest BCUT2D eigenvalue weighted by Crippen LogP contribution is 2.24. The van der Waals surface area contributed by atoms with Crippen molar-refractivity contribution in [3.05, 3.63) is 34.9 Å². The van der Waals surface area contributed by atoms with E-state index in [0.29, 0.717) is 6.04 Å². The van der Waals surface area contributed by atoms with Crippen molar-refractivity contribution in [2.24, 2.45) is 4.99 Å². The van der Waals surface area contributed by atoms with E-state index in [9.17, 15) is 0 Å². The lowest BCUT2D eigenvalue weighted by Gasteiger charge is -2.34. The number of nitrogens with zero attached hydrogens (tertiary/aromatic N) is 2. The van der Waals surface area contributed by atoms with Crippen LogP contribution < -0.4 is 10.6 Å². The molecule has 5 nitrogen and oxygen atoms in total. The third-order valence-corrected chi connectivity index (χ3v) is 4.68. The molecule has 1 saturated carbocycles. The summed E-state index contributed by atoms with van der Waals surface area (Å²) in [7, 11) is 0. The highest BCUT2D eigenvalue weighted by atomic mass is 35.5. The van der Waals surface area contributed by atoms with Crippen molar-refractivity contribution in [1.82, 2.24) is 15.5 Å². The van der Waals surface area contributed by atoms with Crippen LogP contribution in [0.5, 0.6) is 0 Å². The molecule has 1 unspecified atom stereocenters. The summed E-state index contributed by atoms with van der Waals surface area (Å²) >= 11 is 6.05. The van der Waals surface area contributed by atoms with E-state index in [0.717, 1.165) is 50.4 Å². The Morgan fingerprint density at radius 3 is 2.62 bits per heavy atom. The van der Waals surface area contributed by atoms with Crippen molar-refractivity contribution >= 4 is 17.6 Å². The molecule has 3 rings (SSSR count). The third-order valence-electron chi connectivity index (χ3n) is 4.43. The first kappa shape index (κ1) is 17.5. The van der Waals surface area contributed by atoms with Crippen LogP contribution in [0, 0.1) is 0 Å². The van der Waals surface area contributed by atoms with Crippen molar-refractivity contribution in [1.29, 1.82) is 0 Å². The molecule has 1 atom stereocenters. The summed E-state index contributed by atoms with van der Waals surface area (Å²) in [6.07, 6.45) is 2.49. The fourth-order valence-electron chi connectivity index (χ4n) is 2.92. The van der Waals surface area contributed by atoms with Crippen LogP contribution in [0.3, 0.4) is 0 Å². The highest BCUT2D eigenvalue weighted by molar-refractivity contribution is 6.30. The number of halogens is 1. The lowest BCUT2D eigenvalue weighted by molar-refractivity contribution is 0.0179. The molecule has 1 aliphatic heterocycles. The van der Waals surface area contributed by atoms with Crippen LogP contribution >= 0.6 is 11.6 Å². The number of nitrogens with one attached hydrogen (secondary N) is 2. The van der Waals surface area contributed by atoms with E-state index in [4.69, 9.17) is 21.3 Å². The number of rotatable bonds is 6. The molecule has 0 bridgehead atoms. The van der Waals surface area contributed by atoms with Gasteiger partial charge in [0.05, 0.1) is 25.8 Å². The lowest BCUT2D eigenvalue weighted by atomic mass is 10.0. The normalized spacial score (nSPS) is 20.7. The maximum Gasteiger partial charge on any atom is 0.191 e. The summed E-state index contributed by atoms with van der Waals surface area (Å²) in [5, 5.41) is 7.60. The first-order valence-electron chi connectivity index (χ1n) is 8.88. The number of benzene rings is 1. The zero-order chi connectivity index (χ0) is 16.8. The predicted octanol–water partition coefficient (Wildman–Crippen LogP) is 2.43. The van der Waals surface area contributed by atoms with Gasteiger partial charge in [-0.1, -0.05) is 23.7 Å². The smallest absolute Gasteiger partial charge is 0.191 e. The fourth-order valence-corrected chi connectivity index (χ4v) is 3.05. The van der Waals surface area contributed by atoms with Gasteiger partial charge in [0.25, 0.3) is 0 Å². The van der Waals surface area contributed by atoms with Gasteiger partial charge in [-0.3, -0.25) is 9.89 Å².